The second-order valence-corrected chi connectivity index (χ2v) is 5.73. The Kier molecular flexibility index (Phi) is 6.68. The van der Waals surface area contributed by atoms with Gasteiger partial charge in [-0.15, -0.1) is 0 Å². The lowest BCUT2D eigenvalue weighted by Crippen LogP contribution is -2.39. The summed E-state index contributed by atoms with van der Waals surface area (Å²) in [6, 6.07) is 1.35. The van der Waals surface area contributed by atoms with Gasteiger partial charge in [-0.05, 0) is 27.7 Å². The molecule has 25 heavy (non-hydrogen) atoms. The Morgan fingerprint density at radius 2 is 1.60 bits per heavy atom. The molecule has 9 nitrogen and oxygen atoms in total. The fourth-order valence-corrected chi connectivity index (χ4v) is 2.44. The molecule has 0 atom stereocenters. The van der Waals surface area contributed by atoms with Gasteiger partial charge in [0.25, 0.3) is 0 Å². The van der Waals surface area contributed by atoms with Gasteiger partial charge in [-0.2, -0.15) is 10.2 Å². The smallest absolute Gasteiger partial charge is 0.358 e. The summed E-state index contributed by atoms with van der Waals surface area (Å²) in [5, 5.41) is 9.24. The number of rotatable bonds is 6. The Morgan fingerprint density at radius 1 is 1.12 bits per heavy atom. The zero-order chi connectivity index (χ0) is 19.3. The first kappa shape index (κ1) is 20.2. The Hall–Kier alpha value is -2.89. The number of hydrogen-bond donors (Lipinski definition) is 0. The molecule has 9 heteroatoms. The highest BCUT2D eigenvalue weighted by atomic mass is 16.5. The van der Waals surface area contributed by atoms with E-state index < -0.39 is 29.0 Å². The van der Waals surface area contributed by atoms with Crippen LogP contribution in [-0.4, -0.2) is 43.2 Å². The zero-order valence-electron chi connectivity index (χ0n) is 15.0. The molecule has 0 amide bonds. The first-order valence-corrected chi connectivity index (χ1v) is 7.58. The van der Waals surface area contributed by atoms with Gasteiger partial charge in [0.2, 0.25) is 0 Å². The van der Waals surface area contributed by atoms with Crippen LogP contribution < -0.4 is 10.5 Å². The molecule has 0 unspecified atom stereocenters. The molecule has 0 saturated carbocycles. The summed E-state index contributed by atoms with van der Waals surface area (Å²) in [6.45, 7) is 7.44. The number of ether oxygens (including phenoxy) is 2. The number of carbonyl (C=O) groups excluding carboxylic acids is 2. The molecule has 0 aliphatic heterocycles. The van der Waals surface area contributed by atoms with Crippen molar-refractivity contribution in [2.45, 2.75) is 45.7 Å². The summed E-state index contributed by atoms with van der Waals surface area (Å²) in [5.41, 5.74) is -1.89. The number of anilines is 1. The second-order valence-electron chi connectivity index (χ2n) is 5.73. The minimum atomic E-state index is -1.66. The molecule has 0 bridgehead atoms. The third-order valence-corrected chi connectivity index (χ3v) is 3.45. The Bertz CT molecular complexity index is 723. The molecule has 0 N–H and O–H groups in total. The summed E-state index contributed by atoms with van der Waals surface area (Å²) >= 11 is 0. The molecule has 0 saturated heterocycles. The number of nitriles is 1. The number of carbonyl (C=O) groups is 2. The molecule has 136 valence electrons. The van der Waals surface area contributed by atoms with E-state index in [0.29, 0.717) is 0 Å². The predicted octanol–water partition coefficient (Wildman–Crippen LogP) is 0.959. The molecule has 1 aromatic rings. The summed E-state index contributed by atoms with van der Waals surface area (Å²) in [5.74, 6) is -3.64. The van der Waals surface area contributed by atoms with E-state index in [1.54, 1.807) is 11.0 Å². The van der Waals surface area contributed by atoms with E-state index in [4.69, 9.17) is 4.42 Å². The van der Waals surface area contributed by atoms with Crippen LogP contribution in [0.25, 0.3) is 0 Å². The maximum Gasteiger partial charge on any atom is 0.358 e. The molecule has 0 aliphatic rings. The topological polar surface area (TPSA) is 123 Å². The van der Waals surface area contributed by atoms with Gasteiger partial charge in [-0.3, -0.25) is 9.59 Å². The van der Waals surface area contributed by atoms with E-state index >= 15 is 0 Å². The standard InChI is InChI=1S/C16H21N3O6/c1-8(2)19(9(3)4)16-18-12(10(7-17)13(20)25-16)11(14(21)23-5)15(22)24-6/h8-9,11H,1-6H3. The average Bonchev–Trinajstić information content (AvgIpc) is 2.53. The van der Waals surface area contributed by atoms with Crippen LogP contribution in [0.1, 0.15) is 44.9 Å². The first-order valence-electron chi connectivity index (χ1n) is 7.58. The Balaban J connectivity index is 3.73. The third kappa shape index (κ3) is 4.15. The van der Waals surface area contributed by atoms with Crippen molar-refractivity contribution in [1.82, 2.24) is 4.98 Å². The van der Waals surface area contributed by atoms with Crippen molar-refractivity contribution in [1.29, 1.82) is 5.26 Å². The summed E-state index contributed by atoms with van der Waals surface area (Å²) in [7, 11) is 2.15. The lowest BCUT2D eigenvalue weighted by molar-refractivity contribution is -0.154. The molecule has 1 aromatic heterocycles. The van der Waals surface area contributed by atoms with Gasteiger partial charge < -0.3 is 18.8 Å². The number of hydrogen-bond acceptors (Lipinski definition) is 9. The lowest BCUT2D eigenvalue weighted by Gasteiger charge is -2.30. The maximum atomic E-state index is 12.2. The molecule has 0 radical (unpaired) electrons. The van der Waals surface area contributed by atoms with Crippen LogP contribution in [0, 0.1) is 11.3 Å². The van der Waals surface area contributed by atoms with Crippen LogP contribution in [0.3, 0.4) is 0 Å². The van der Waals surface area contributed by atoms with Crippen molar-refractivity contribution >= 4 is 18.0 Å². The van der Waals surface area contributed by atoms with Crippen molar-refractivity contribution in [3.05, 3.63) is 21.7 Å². The van der Waals surface area contributed by atoms with Crippen LogP contribution >= 0.6 is 0 Å². The normalized spacial score (nSPS) is 10.7. The molecule has 0 fully saturated rings. The predicted molar refractivity (Wildman–Crippen MR) is 87.0 cm³/mol. The highest BCUT2D eigenvalue weighted by molar-refractivity contribution is 6.00. The van der Waals surface area contributed by atoms with E-state index in [1.165, 1.54) is 0 Å². The zero-order valence-corrected chi connectivity index (χ0v) is 15.0. The van der Waals surface area contributed by atoms with E-state index in [2.05, 4.69) is 14.5 Å². The Labute approximate surface area is 145 Å². The minimum Gasteiger partial charge on any atom is -0.468 e. The van der Waals surface area contributed by atoms with E-state index in [-0.39, 0.29) is 23.8 Å². The van der Waals surface area contributed by atoms with Crippen molar-refractivity contribution < 1.29 is 23.5 Å². The largest absolute Gasteiger partial charge is 0.468 e. The van der Waals surface area contributed by atoms with Gasteiger partial charge in [-0.25, -0.2) is 4.79 Å². The van der Waals surface area contributed by atoms with Gasteiger partial charge in [0, 0.05) is 12.1 Å². The molecule has 1 heterocycles. The van der Waals surface area contributed by atoms with Crippen molar-refractivity contribution in [3.8, 4) is 6.07 Å². The van der Waals surface area contributed by atoms with Crippen LogP contribution in [0.2, 0.25) is 0 Å². The van der Waals surface area contributed by atoms with Crippen LogP contribution in [0.5, 0.6) is 0 Å². The highest BCUT2D eigenvalue weighted by Crippen LogP contribution is 2.24. The first-order chi connectivity index (χ1) is 11.7. The van der Waals surface area contributed by atoms with E-state index in [0.717, 1.165) is 14.2 Å². The summed E-state index contributed by atoms with van der Waals surface area (Å²) < 4.78 is 14.3. The second kappa shape index (κ2) is 8.28. The minimum absolute atomic E-state index is 0.0915. The lowest BCUT2D eigenvalue weighted by atomic mass is 10.0. The fraction of sp³-hybridized carbons (Fsp3) is 0.562. The van der Waals surface area contributed by atoms with Gasteiger partial charge in [0.1, 0.15) is 6.07 Å². The van der Waals surface area contributed by atoms with Crippen molar-refractivity contribution in [2.75, 3.05) is 19.1 Å². The molecule has 1 rings (SSSR count). The van der Waals surface area contributed by atoms with Gasteiger partial charge in [0.15, 0.2) is 11.5 Å². The average molecular weight is 351 g/mol. The van der Waals surface area contributed by atoms with Crippen LogP contribution in [-0.2, 0) is 19.1 Å². The number of nitrogens with zero attached hydrogens (tertiary/aromatic N) is 3. The van der Waals surface area contributed by atoms with Crippen molar-refractivity contribution in [3.63, 3.8) is 0 Å². The maximum absolute atomic E-state index is 12.2. The number of aromatic nitrogens is 1. The van der Waals surface area contributed by atoms with Gasteiger partial charge in [-0.1, -0.05) is 0 Å². The highest BCUT2D eigenvalue weighted by Gasteiger charge is 2.37. The number of methoxy groups -OCH3 is 2. The summed E-state index contributed by atoms with van der Waals surface area (Å²) in [6.07, 6.45) is 0. The molecule has 0 spiro atoms. The van der Waals surface area contributed by atoms with Gasteiger partial charge >= 0.3 is 23.6 Å². The fourth-order valence-electron chi connectivity index (χ4n) is 2.44. The molecular weight excluding hydrogens is 330 g/mol. The van der Waals surface area contributed by atoms with Gasteiger partial charge in [0.05, 0.1) is 19.9 Å². The third-order valence-electron chi connectivity index (χ3n) is 3.45. The molecular formula is C16H21N3O6. The number of esters is 2. The van der Waals surface area contributed by atoms with Crippen LogP contribution in [0.15, 0.2) is 9.21 Å². The SMILES string of the molecule is COC(=O)C(C(=O)OC)c1nc(N(C(C)C)C(C)C)oc(=O)c1C#N. The van der Waals surface area contributed by atoms with Crippen molar-refractivity contribution in [2.24, 2.45) is 0 Å². The monoisotopic (exact) mass is 351 g/mol. The van der Waals surface area contributed by atoms with Crippen LogP contribution in [0.4, 0.5) is 6.01 Å². The quantitative estimate of drug-likeness (QED) is 0.544. The van der Waals surface area contributed by atoms with E-state index in [9.17, 15) is 19.6 Å². The summed E-state index contributed by atoms with van der Waals surface area (Å²) in [4.78, 5) is 42.1. The Morgan fingerprint density at radius 3 is 1.96 bits per heavy atom. The van der Waals surface area contributed by atoms with E-state index in [1.807, 2.05) is 27.7 Å². The molecule has 0 aromatic carbocycles. The molecule has 0 aliphatic carbocycles.